The quantitative estimate of drug-likeness (QED) is 0.705. The van der Waals surface area contributed by atoms with Crippen molar-refractivity contribution in [2.24, 2.45) is 16.7 Å². The van der Waals surface area contributed by atoms with Crippen LogP contribution in [0.2, 0.25) is 0 Å². The van der Waals surface area contributed by atoms with E-state index in [1.807, 2.05) is 6.92 Å². The summed E-state index contributed by atoms with van der Waals surface area (Å²) in [6.07, 6.45) is 1.69. The predicted molar refractivity (Wildman–Crippen MR) is 72.8 cm³/mol. The number of hydrogen-bond acceptors (Lipinski definition) is 3. The monoisotopic (exact) mass is 281 g/mol. The van der Waals surface area contributed by atoms with Gasteiger partial charge < -0.3 is 9.64 Å². The summed E-state index contributed by atoms with van der Waals surface area (Å²) in [5.41, 5.74) is -0.588. The van der Waals surface area contributed by atoms with Crippen molar-refractivity contribution in [3.8, 4) is 0 Å². The molecule has 0 aromatic carbocycles. The Morgan fingerprint density at radius 2 is 1.90 bits per heavy atom. The number of morpholine rings is 1. The molecule has 2 bridgehead atoms. The molecule has 1 N–H and O–H groups in total. The van der Waals surface area contributed by atoms with E-state index in [1.54, 1.807) is 4.90 Å². The van der Waals surface area contributed by atoms with Gasteiger partial charge in [0.2, 0.25) is 11.8 Å². The number of carbonyl (C=O) groups is 2. The number of carbonyl (C=O) groups excluding carboxylic acids is 2. The number of hydrogen-bond donors (Lipinski definition) is 1. The highest BCUT2D eigenvalue weighted by Gasteiger charge is 2.64. The molecule has 5 heteroatoms. The normalized spacial score (nSPS) is 37.5. The van der Waals surface area contributed by atoms with Crippen LogP contribution in [0.5, 0.6) is 0 Å². The zero-order chi connectivity index (χ0) is 14.5. The van der Waals surface area contributed by atoms with Gasteiger partial charge in [-0.15, -0.1) is 0 Å². The summed E-state index contributed by atoms with van der Waals surface area (Å²) < 4.78 is 5.34. The average molecular weight is 281 g/mol. The van der Waals surface area contributed by atoms with Crippen molar-refractivity contribution >= 4 is 11.8 Å². The molecule has 0 aromatic heterocycles. The fourth-order valence-corrected chi connectivity index (χ4v) is 4.09. The molecule has 3 fully saturated rings. The van der Waals surface area contributed by atoms with Crippen LogP contribution in [-0.4, -0.2) is 49.7 Å². The van der Waals surface area contributed by atoms with Crippen LogP contribution in [0.3, 0.4) is 0 Å². The van der Waals surface area contributed by atoms with Gasteiger partial charge in [-0.2, -0.15) is 0 Å². The lowest BCUT2D eigenvalue weighted by molar-refractivity contribution is -0.915. The first-order valence-corrected chi connectivity index (χ1v) is 7.65. The number of nitrogens with one attached hydrogen (secondary N) is 1. The molecule has 2 saturated heterocycles. The maximum Gasteiger partial charge on any atom is 0.240 e. The van der Waals surface area contributed by atoms with Crippen LogP contribution in [-0.2, 0) is 14.3 Å². The first-order valence-electron chi connectivity index (χ1n) is 7.65. The summed E-state index contributed by atoms with van der Waals surface area (Å²) in [6, 6.07) is 0. The third-order valence-electron chi connectivity index (χ3n) is 6.09. The van der Waals surface area contributed by atoms with Gasteiger partial charge in [0, 0.05) is 5.92 Å². The molecule has 2 atom stereocenters. The van der Waals surface area contributed by atoms with Crippen molar-refractivity contribution in [1.29, 1.82) is 0 Å². The Hall–Kier alpha value is -0.940. The lowest BCUT2D eigenvalue weighted by atomic mass is 9.62. The number of quaternary nitrogens is 1. The second-order valence-corrected chi connectivity index (χ2v) is 7.24. The molecule has 2 aliphatic heterocycles. The number of piperidine rings is 1. The van der Waals surface area contributed by atoms with Gasteiger partial charge in [0.05, 0.1) is 18.6 Å². The number of imide groups is 1. The third kappa shape index (κ3) is 1.76. The van der Waals surface area contributed by atoms with Crippen LogP contribution in [0.25, 0.3) is 0 Å². The highest BCUT2D eigenvalue weighted by atomic mass is 16.5. The van der Waals surface area contributed by atoms with Gasteiger partial charge >= 0.3 is 0 Å². The molecule has 2 heterocycles. The van der Waals surface area contributed by atoms with E-state index < -0.39 is 0 Å². The lowest BCUT2D eigenvalue weighted by Crippen LogP contribution is -3.15. The minimum absolute atomic E-state index is 0.00522. The SMILES string of the molecule is CC1(C)[C@@H]2CC[C@]1(C)C(=O)N(C[NH+]1CCOCC1)C2=O. The molecule has 5 nitrogen and oxygen atoms in total. The highest BCUT2D eigenvalue weighted by Crippen LogP contribution is 2.59. The molecule has 3 rings (SSSR count). The molecule has 112 valence electrons. The zero-order valence-corrected chi connectivity index (χ0v) is 12.7. The molecule has 0 aromatic rings. The average Bonchev–Trinajstić information content (AvgIpc) is 2.61. The van der Waals surface area contributed by atoms with Crippen molar-refractivity contribution in [1.82, 2.24) is 4.90 Å². The summed E-state index contributed by atoms with van der Waals surface area (Å²) in [4.78, 5) is 28.4. The first kappa shape index (κ1) is 14.0. The minimum atomic E-state index is -0.378. The lowest BCUT2D eigenvalue weighted by Gasteiger charge is -2.47. The van der Waals surface area contributed by atoms with Gasteiger partial charge in [0.25, 0.3) is 0 Å². The minimum Gasteiger partial charge on any atom is -0.370 e. The first-order chi connectivity index (χ1) is 9.38. The van der Waals surface area contributed by atoms with Crippen molar-refractivity contribution in [2.45, 2.75) is 33.6 Å². The Balaban J connectivity index is 1.83. The van der Waals surface area contributed by atoms with Crippen LogP contribution in [0.15, 0.2) is 0 Å². The summed E-state index contributed by atoms with van der Waals surface area (Å²) in [5.74, 6) is 0.0971. The van der Waals surface area contributed by atoms with Crippen LogP contribution < -0.4 is 4.90 Å². The largest absolute Gasteiger partial charge is 0.370 e. The Morgan fingerprint density at radius 1 is 1.25 bits per heavy atom. The van der Waals surface area contributed by atoms with E-state index in [9.17, 15) is 9.59 Å². The molecule has 0 spiro atoms. The molecule has 1 saturated carbocycles. The van der Waals surface area contributed by atoms with E-state index >= 15 is 0 Å². The number of nitrogens with zero attached hydrogens (tertiary/aromatic N) is 1. The van der Waals surface area contributed by atoms with Crippen LogP contribution >= 0.6 is 0 Å². The Bertz CT molecular complexity index is 442. The third-order valence-corrected chi connectivity index (χ3v) is 6.09. The maximum absolute atomic E-state index is 12.9. The van der Waals surface area contributed by atoms with Gasteiger partial charge in [-0.05, 0) is 18.3 Å². The molecular weight excluding hydrogens is 256 g/mol. The van der Waals surface area contributed by atoms with Crippen LogP contribution in [0.4, 0.5) is 0 Å². The molecular formula is C15H25N2O3+. The van der Waals surface area contributed by atoms with E-state index in [1.165, 1.54) is 4.90 Å². The summed E-state index contributed by atoms with van der Waals surface area (Å²) in [6.45, 7) is 9.92. The number of amides is 2. The van der Waals surface area contributed by atoms with Gasteiger partial charge in [0.15, 0.2) is 6.67 Å². The van der Waals surface area contributed by atoms with Crippen molar-refractivity contribution in [3.63, 3.8) is 0 Å². The molecule has 2 amide bonds. The second kappa shape index (κ2) is 4.53. The number of fused-ring (bicyclic) bond motifs is 2. The standard InChI is InChI=1S/C15H24N2O3/c1-14(2)11-4-5-15(14,3)13(19)17(12(11)18)10-16-6-8-20-9-7-16/h11H,4-10H2,1-3H3/p+1/t11-,15-/m1/s1. The molecule has 3 aliphatic rings. The second-order valence-electron chi connectivity index (χ2n) is 7.24. The summed E-state index contributed by atoms with van der Waals surface area (Å²) >= 11 is 0. The smallest absolute Gasteiger partial charge is 0.240 e. The Morgan fingerprint density at radius 3 is 2.55 bits per heavy atom. The number of ether oxygens (including phenoxy) is 1. The summed E-state index contributed by atoms with van der Waals surface area (Å²) in [5, 5.41) is 0. The van der Waals surface area contributed by atoms with E-state index in [2.05, 4.69) is 13.8 Å². The Labute approximate surface area is 120 Å². The van der Waals surface area contributed by atoms with Gasteiger partial charge in [-0.3, -0.25) is 9.59 Å². The fourth-order valence-electron chi connectivity index (χ4n) is 4.09. The maximum atomic E-state index is 12.9. The number of likely N-dealkylation sites (tertiary alicyclic amines) is 1. The topological polar surface area (TPSA) is 51.1 Å². The molecule has 0 radical (unpaired) electrons. The van der Waals surface area contributed by atoms with Crippen molar-refractivity contribution in [2.75, 3.05) is 33.0 Å². The molecule has 20 heavy (non-hydrogen) atoms. The van der Waals surface area contributed by atoms with Crippen molar-refractivity contribution < 1.29 is 19.2 Å². The van der Waals surface area contributed by atoms with Crippen molar-refractivity contribution in [3.05, 3.63) is 0 Å². The summed E-state index contributed by atoms with van der Waals surface area (Å²) in [7, 11) is 0. The zero-order valence-electron chi connectivity index (χ0n) is 12.7. The highest BCUT2D eigenvalue weighted by molar-refractivity contribution is 6.03. The fraction of sp³-hybridized carbons (Fsp3) is 0.867. The molecule has 0 unspecified atom stereocenters. The Kier molecular flexibility index (Phi) is 3.18. The van der Waals surface area contributed by atoms with E-state index in [-0.39, 0.29) is 28.6 Å². The van der Waals surface area contributed by atoms with Gasteiger partial charge in [-0.25, -0.2) is 4.90 Å². The van der Waals surface area contributed by atoms with Gasteiger partial charge in [0.1, 0.15) is 13.1 Å². The number of rotatable bonds is 2. The van der Waals surface area contributed by atoms with Gasteiger partial charge in [-0.1, -0.05) is 20.8 Å². The van der Waals surface area contributed by atoms with Crippen LogP contribution in [0.1, 0.15) is 33.6 Å². The van der Waals surface area contributed by atoms with Crippen LogP contribution in [0, 0.1) is 16.7 Å². The molecule has 1 aliphatic carbocycles. The van der Waals surface area contributed by atoms with E-state index in [0.717, 1.165) is 39.1 Å². The van der Waals surface area contributed by atoms with E-state index in [4.69, 9.17) is 4.74 Å². The van der Waals surface area contributed by atoms with E-state index in [0.29, 0.717) is 6.67 Å². The predicted octanol–water partition coefficient (Wildman–Crippen LogP) is -0.330.